The summed E-state index contributed by atoms with van der Waals surface area (Å²) in [7, 11) is 3.00. The lowest BCUT2D eigenvalue weighted by atomic mass is 10.2. The number of fused-ring (bicyclic) bond motifs is 1. The molecular formula is C14H13N5O2. The Morgan fingerprint density at radius 3 is 2.52 bits per heavy atom. The maximum absolute atomic E-state index is 12.2. The second kappa shape index (κ2) is 4.86. The van der Waals surface area contributed by atoms with Crippen LogP contribution in [0.1, 0.15) is 5.56 Å². The summed E-state index contributed by atoms with van der Waals surface area (Å²) in [6.45, 7) is 0. The minimum Gasteiger partial charge on any atom is -0.279 e. The normalized spacial score (nSPS) is 11.5. The first kappa shape index (κ1) is 13.0. The molecule has 7 nitrogen and oxygen atoms in total. The van der Waals surface area contributed by atoms with Gasteiger partial charge in [-0.15, -0.1) is 0 Å². The minimum absolute atomic E-state index is 0.270. The lowest BCUT2D eigenvalue weighted by Crippen LogP contribution is -2.37. The van der Waals surface area contributed by atoms with Crippen LogP contribution in [0.25, 0.3) is 11.2 Å². The smallest absolute Gasteiger partial charge is 0.279 e. The van der Waals surface area contributed by atoms with Gasteiger partial charge in [0.15, 0.2) is 11.2 Å². The first-order valence-corrected chi connectivity index (χ1v) is 6.32. The Morgan fingerprint density at radius 2 is 1.81 bits per heavy atom. The number of rotatable bonds is 2. The maximum atomic E-state index is 12.2. The molecule has 2 heterocycles. The van der Waals surface area contributed by atoms with Crippen molar-refractivity contribution in [2.75, 3.05) is 0 Å². The molecular weight excluding hydrogens is 270 g/mol. The number of nitrogens with zero attached hydrogens (tertiary/aromatic N) is 5. The highest BCUT2D eigenvalue weighted by Gasteiger charge is 2.13. The van der Waals surface area contributed by atoms with Gasteiger partial charge in [0.05, 0.1) is 6.21 Å². The number of imidazole rings is 1. The van der Waals surface area contributed by atoms with Crippen LogP contribution in [0.2, 0.25) is 0 Å². The summed E-state index contributed by atoms with van der Waals surface area (Å²) in [6.07, 6.45) is 3.05. The molecule has 2 aromatic heterocycles. The van der Waals surface area contributed by atoms with Crippen molar-refractivity contribution < 1.29 is 0 Å². The first-order chi connectivity index (χ1) is 10.1. The molecule has 3 aromatic rings. The van der Waals surface area contributed by atoms with Crippen molar-refractivity contribution in [3.63, 3.8) is 0 Å². The van der Waals surface area contributed by atoms with E-state index in [1.54, 1.807) is 13.3 Å². The molecule has 0 amide bonds. The van der Waals surface area contributed by atoms with Crippen molar-refractivity contribution in [2.45, 2.75) is 0 Å². The maximum Gasteiger partial charge on any atom is 0.332 e. The summed E-state index contributed by atoms with van der Waals surface area (Å²) >= 11 is 0. The van der Waals surface area contributed by atoms with E-state index >= 15 is 0 Å². The van der Waals surface area contributed by atoms with Gasteiger partial charge in [-0.25, -0.2) is 14.5 Å². The fourth-order valence-corrected chi connectivity index (χ4v) is 2.09. The fourth-order valence-electron chi connectivity index (χ4n) is 2.09. The van der Waals surface area contributed by atoms with Crippen LogP contribution in [0.3, 0.4) is 0 Å². The molecule has 0 bridgehead atoms. The van der Waals surface area contributed by atoms with Crippen LogP contribution in [0.5, 0.6) is 0 Å². The number of hydrogen-bond acceptors (Lipinski definition) is 4. The summed E-state index contributed by atoms with van der Waals surface area (Å²) in [4.78, 5) is 28.1. The monoisotopic (exact) mass is 283 g/mol. The summed E-state index contributed by atoms with van der Waals surface area (Å²) in [5.74, 6) is 0. The topological polar surface area (TPSA) is 74.2 Å². The third-order valence-electron chi connectivity index (χ3n) is 3.26. The van der Waals surface area contributed by atoms with E-state index in [0.717, 1.165) is 10.1 Å². The third kappa shape index (κ3) is 2.08. The molecule has 0 saturated carbocycles. The van der Waals surface area contributed by atoms with E-state index in [-0.39, 0.29) is 5.52 Å². The first-order valence-electron chi connectivity index (χ1n) is 6.32. The van der Waals surface area contributed by atoms with Crippen molar-refractivity contribution in [1.29, 1.82) is 0 Å². The largest absolute Gasteiger partial charge is 0.332 e. The van der Waals surface area contributed by atoms with E-state index in [4.69, 9.17) is 0 Å². The Morgan fingerprint density at radius 1 is 1.10 bits per heavy atom. The SMILES string of the molecule is Cn1c(=O)c2c(ncn2N=Cc2ccccc2)n(C)c1=O. The highest BCUT2D eigenvalue weighted by molar-refractivity contribution is 5.80. The Labute approximate surface area is 119 Å². The molecule has 0 radical (unpaired) electrons. The molecule has 0 aliphatic heterocycles. The molecule has 0 aliphatic rings. The Balaban J connectivity index is 2.20. The zero-order valence-corrected chi connectivity index (χ0v) is 11.6. The van der Waals surface area contributed by atoms with E-state index in [1.165, 1.54) is 22.6 Å². The number of hydrogen-bond donors (Lipinski definition) is 0. The molecule has 106 valence electrons. The van der Waals surface area contributed by atoms with Crippen LogP contribution in [0.4, 0.5) is 0 Å². The molecule has 0 spiro atoms. The summed E-state index contributed by atoms with van der Waals surface area (Å²) in [5, 5.41) is 4.24. The lowest BCUT2D eigenvalue weighted by molar-refractivity contribution is 0.705. The van der Waals surface area contributed by atoms with Gasteiger partial charge in [0.1, 0.15) is 6.33 Å². The second-order valence-electron chi connectivity index (χ2n) is 4.62. The summed E-state index contributed by atoms with van der Waals surface area (Å²) in [5.41, 5.74) is 0.654. The Kier molecular flexibility index (Phi) is 3.02. The van der Waals surface area contributed by atoms with E-state index in [9.17, 15) is 9.59 Å². The van der Waals surface area contributed by atoms with Gasteiger partial charge in [-0.3, -0.25) is 13.9 Å². The van der Waals surface area contributed by atoms with Crippen LogP contribution in [0.15, 0.2) is 51.3 Å². The van der Waals surface area contributed by atoms with Crippen LogP contribution >= 0.6 is 0 Å². The predicted octanol–water partition coefficient (Wildman–Crippen LogP) is 0.316. The van der Waals surface area contributed by atoms with Gasteiger partial charge >= 0.3 is 5.69 Å². The second-order valence-corrected chi connectivity index (χ2v) is 4.62. The van der Waals surface area contributed by atoms with Crippen molar-refractivity contribution in [1.82, 2.24) is 18.8 Å². The van der Waals surface area contributed by atoms with Gasteiger partial charge in [-0.05, 0) is 5.56 Å². The molecule has 0 unspecified atom stereocenters. The molecule has 0 fully saturated rings. The number of benzene rings is 1. The Bertz CT molecular complexity index is 947. The quantitative estimate of drug-likeness (QED) is 0.636. The van der Waals surface area contributed by atoms with Crippen molar-refractivity contribution in [2.24, 2.45) is 19.2 Å². The molecule has 0 atom stereocenters. The van der Waals surface area contributed by atoms with Crippen molar-refractivity contribution in [3.8, 4) is 0 Å². The third-order valence-corrected chi connectivity index (χ3v) is 3.26. The minimum atomic E-state index is -0.421. The average molecular weight is 283 g/mol. The van der Waals surface area contributed by atoms with E-state index in [0.29, 0.717) is 5.65 Å². The fraction of sp³-hybridized carbons (Fsp3) is 0.143. The van der Waals surface area contributed by atoms with Crippen molar-refractivity contribution in [3.05, 3.63) is 63.1 Å². The van der Waals surface area contributed by atoms with Gasteiger partial charge in [0.2, 0.25) is 0 Å². The van der Waals surface area contributed by atoms with Crippen LogP contribution in [0, 0.1) is 0 Å². The van der Waals surface area contributed by atoms with Crippen LogP contribution in [-0.2, 0) is 14.1 Å². The van der Waals surface area contributed by atoms with Gasteiger partial charge in [0.25, 0.3) is 5.56 Å². The highest BCUT2D eigenvalue weighted by atomic mass is 16.2. The standard InChI is InChI=1S/C14H13N5O2/c1-17-12-11(13(20)18(2)14(17)21)19(9-15-12)16-8-10-6-4-3-5-7-10/h3-9H,1-2H3. The van der Waals surface area contributed by atoms with E-state index in [2.05, 4.69) is 10.1 Å². The van der Waals surface area contributed by atoms with Crippen molar-refractivity contribution >= 4 is 17.4 Å². The lowest BCUT2D eigenvalue weighted by Gasteiger charge is -2.03. The summed E-state index contributed by atoms with van der Waals surface area (Å²) < 4.78 is 3.74. The molecule has 0 aliphatic carbocycles. The van der Waals surface area contributed by atoms with E-state index in [1.807, 2.05) is 30.3 Å². The summed E-state index contributed by atoms with van der Waals surface area (Å²) in [6, 6.07) is 9.51. The Hall–Kier alpha value is -2.96. The molecule has 3 rings (SSSR count). The molecule has 7 heteroatoms. The number of aryl methyl sites for hydroxylation is 1. The molecule has 21 heavy (non-hydrogen) atoms. The van der Waals surface area contributed by atoms with Gasteiger partial charge in [0, 0.05) is 14.1 Å². The van der Waals surface area contributed by atoms with Gasteiger partial charge < -0.3 is 0 Å². The van der Waals surface area contributed by atoms with E-state index < -0.39 is 11.2 Å². The van der Waals surface area contributed by atoms with Crippen LogP contribution in [-0.4, -0.2) is 25.0 Å². The highest BCUT2D eigenvalue weighted by Crippen LogP contribution is 2.05. The molecule has 0 N–H and O–H groups in total. The molecule has 0 saturated heterocycles. The zero-order valence-electron chi connectivity index (χ0n) is 11.6. The molecule has 1 aromatic carbocycles. The average Bonchev–Trinajstić information content (AvgIpc) is 2.94. The number of aromatic nitrogens is 4. The zero-order chi connectivity index (χ0) is 15.0. The van der Waals surface area contributed by atoms with Crippen LogP contribution < -0.4 is 11.2 Å². The van der Waals surface area contributed by atoms with Gasteiger partial charge in [-0.2, -0.15) is 5.10 Å². The van der Waals surface area contributed by atoms with Gasteiger partial charge in [-0.1, -0.05) is 30.3 Å². The predicted molar refractivity (Wildman–Crippen MR) is 79.6 cm³/mol.